The van der Waals surface area contributed by atoms with E-state index in [0.29, 0.717) is 16.5 Å². The van der Waals surface area contributed by atoms with E-state index >= 15 is 0 Å². The maximum atomic E-state index is 6.96. The maximum absolute atomic E-state index is 6.96. The van der Waals surface area contributed by atoms with E-state index in [4.69, 9.17) is 39.2 Å². The molecule has 63 heavy (non-hydrogen) atoms. The molecule has 0 saturated heterocycles. The molecule has 0 saturated carbocycles. The van der Waals surface area contributed by atoms with Crippen LogP contribution in [-0.4, -0.2) is 48.4 Å². The van der Waals surface area contributed by atoms with E-state index in [2.05, 4.69) is 198 Å². The molecule has 2 nitrogen and oxygen atoms in total. The summed E-state index contributed by atoms with van der Waals surface area (Å²) in [6, 6.07) is 32.2. The van der Waals surface area contributed by atoms with Crippen LogP contribution in [0.1, 0.15) is 132 Å². The summed E-state index contributed by atoms with van der Waals surface area (Å²) in [5, 5.41) is 4.62. The molecule has 0 fully saturated rings. The average molecular weight is 814 g/mol. The highest BCUT2D eigenvalue weighted by Gasteiger charge is 2.31. The van der Waals surface area contributed by atoms with Gasteiger partial charge in [-0.05, 0) is 121 Å². The fourth-order valence-electron chi connectivity index (χ4n) is 9.53. The van der Waals surface area contributed by atoms with Crippen molar-refractivity contribution in [3.63, 3.8) is 0 Å². The van der Waals surface area contributed by atoms with E-state index in [0.717, 1.165) is 49.8 Å². The third-order valence-electron chi connectivity index (χ3n) is 13.3. The van der Waals surface area contributed by atoms with Gasteiger partial charge in [0.05, 0.1) is 27.8 Å². The number of fused-ring (bicyclic) bond motifs is 6. The molecule has 8 aromatic rings. The van der Waals surface area contributed by atoms with Gasteiger partial charge in [-0.25, -0.2) is 0 Å². The summed E-state index contributed by atoms with van der Waals surface area (Å²) in [5.41, 5.74) is 15.1. The maximum Gasteiger partial charge on any atom is 0.113 e. The molecule has 0 amide bonds. The largest absolute Gasteiger partial charge is 0.309 e. The molecule has 0 N–H and O–H groups in total. The van der Waals surface area contributed by atoms with Crippen LogP contribution in [0.15, 0.2) is 84.9 Å². The van der Waals surface area contributed by atoms with Crippen LogP contribution in [0.3, 0.4) is 0 Å². The van der Waals surface area contributed by atoms with Crippen molar-refractivity contribution in [2.24, 2.45) is 0 Å². The fraction of sp³-hybridized carbons (Fsp3) is 0.357. The van der Waals surface area contributed by atoms with Crippen molar-refractivity contribution in [1.29, 1.82) is 0 Å². The van der Waals surface area contributed by atoms with Gasteiger partial charge in [0.15, 0.2) is 0 Å². The summed E-state index contributed by atoms with van der Waals surface area (Å²) in [4.78, 5) is 0. The Morgan fingerprint density at radius 1 is 0.365 bits per heavy atom. The number of hydrogen-bond donors (Lipinski definition) is 0. The zero-order valence-corrected chi connectivity index (χ0v) is 40.4. The van der Waals surface area contributed by atoms with Gasteiger partial charge in [0, 0.05) is 27.2 Å². The molecule has 0 aliphatic carbocycles. The van der Waals surface area contributed by atoms with Crippen molar-refractivity contribution >= 4 is 110 Å². The molecule has 7 heteroatoms. The molecule has 10 radical (unpaired) electrons. The molecule has 0 unspecified atom stereocenters. The monoisotopic (exact) mass is 815 g/mol. The van der Waals surface area contributed by atoms with Crippen LogP contribution in [0.4, 0.5) is 0 Å². The predicted molar refractivity (Wildman–Crippen MR) is 281 cm³/mol. The van der Waals surface area contributed by atoms with Gasteiger partial charge in [-0.3, -0.25) is 0 Å². The second kappa shape index (κ2) is 14.6. The zero-order chi connectivity index (χ0) is 46.3. The first kappa shape index (κ1) is 44.8. The Bertz CT molecular complexity index is 3050. The quantitative estimate of drug-likeness (QED) is 0.157. The van der Waals surface area contributed by atoms with Gasteiger partial charge < -0.3 is 9.13 Å². The van der Waals surface area contributed by atoms with Crippen LogP contribution in [0.2, 0.25) is 0 Å². The molecular weight excluding hydrogens is 755 g/mol. The minimum absolute atomic E-state index is 0.0201. The van der Waals surface area contributed by atoms with Crippen molar-refractivity contribution in [3.8, 4) is 22.5 Å². The highest BCUT2D eigenvalue weighted by Crippen LogP contribution is 2.47. The first-order chi connectivity index (χ1) is 29.0. The minimum atomic E-state index is -0.360. The highest BCUT2D eigenvalue weighted by molar-refractivity contribution is 6.69. The molecule has 2 aromatic heterocycles. The number of rotatable bonds is 3. The van der Waals surface area contributed by atoms with Gasteiger partial charge >= 0.3 is 0 Å². The van der Waals surface area contributed by atoms with E-state index < -0.39 is 0 Å². The molecule has 308 valence electrons. The molecule has 8 rings (SSSR count). The third-order valence-corrected chi connectivity index (χ3v) is 13.3. The third kappa shape index (κ3) is 7.34. The lowest BCUT2D eigenvalue weighted by Crippen LogP contribution is -2.55. The van der Waals surface area contributed by atoms with E-state index in [1.54, 1.807) is 0 Å². The Kier molecular flexibility index (Phi) is 10.4. The SMILES string of the molecule is [B]c1c([B])c([B])c(-c2cccc3c2c2c(C(C)(C)C)c(-n4c5ccc(C(C)(C)C)cc5c5cc(C(C)(C)C)ccc54)ccc2n3-c2cc(C(C)(C)C)cc(C(C)(C)C)c2)c([B])c1[B]. The molecular formula is C56H59B5N2. The van der Waals surface area contributed by atoms with Crippen LogP contribution in [0.5, 0.6) is 0 Å². The second-order valence-electron chi connectivity index (χ2n) is 23.2. The first-order valence-electron chi connectivity index (χ1n) is 22.4. The fourth-order valence-corrected chi connectivity index (χ4v) is 9.53. The van der Waals surface area contributed by atoms with Gasteiger partial charge in [-0.1, -0.05) is 145 Å². The molecule has 0 bridgehead atoms. The summed E-state index contributed by atoms with van der Waals surface area (Å²) in [6.45, 7) is 34.4. The average Bonchev–Trinajstić information content (AvgIpc) is 3.69. The summed E-state index contributed by atoms with van der Waals surface area (Å²) in [6.07, 6.45) is 0. The summed E-state index contributed by atoms with van der Waals surface area (Å²) in [7, 11) is 33.6. The smallest absolute Gasteiger partial charge is 0.113 e. The number of aromatic nitrogens is 2. The molecule has 0 aliphatic heterocycles. The zero-order valence-electron chi connectivity index (χ0n) is 40.4. The van der Waals surface area contributed by atoms with Gasteiger partial charge in [0.1, 0.15) is 39.2 Å². The van der Waals surface area contributed by atoms with E-state index in [9.17, 15) is 0 Å². The van der Waals surface area contributed by atoms with Crippen molar-refractivity contribution in [1.82, 2.24) is 9.13 Å². The predicted octanol–water partition coefficient (Wildman–Crippen LogP) is 10.0. The minimum Gasteiger partial charge on any atom is -0.309 e. The van der Waals surface area contributed by atoms with Crippen molar-refractivity contribution in [3.05, 3.63) is 113 Å². The van der Waals surface area contributed by atoms with Gasteiger partial charge in [-0.15, -0.1) is 16.4 Å². The highest BCUT2D eigenvalue weighted by atomic mass is 15.0. The summed E-state index contributed by atoms with van der Waals surface area (Å²) in [5.74, 6) is 0. The Hall–Kier alpha value is -4.76. The number of benzene rings is 6. The van der Waals surface area contributed by atoms with E-state index in [1.807, 2.05) is 0 Å². The van der Waals surface area contributed by atoms with E-state index in [1.165, 1.54) is 38.6 Å². The standard InChI is InChI=1S/C56H59B5N2/c1-52(2,3)30-19-21-38-36(28-30)37-29-31(53(4,5)6)20-22-39(37)63(38)42-24-23-41-45(46(42)56(13,14)15)43-35(44-47(57)49(59)51(61)50(60)48(44)58)17-16-18-40(43)62(41)34-26-32(54(7,8)9)25-33(27-34)55(10,11)12/h16-29H,1-15H3. The van der Waals surface area contributed by atoms with Gasteiger partial charge in [0.25, 0.3) is 0 Å². The lowest BCUT2D eigenvalue weighted by Gasteiger charge is -2.27. The Morgan fingerprint density at radius 3 is 1.24 bits per heavy atom. The molecule has 0 atom stereocenters. The second-order valence-corrected chi connectivity index (χ2v) is 23.2. The van der Waals surface area contributed by atoms with Crippen LogP contribution in [0, 0.1) is 0 Å². The number of nitrogens with zero attached hydrogens (tertiary/aromatic N) is 2. The van der Waals surface area contributed by atoms with Crippen LogP contribution in [0.25, 0.3) is 66.1 Å². The lowest BCUT2D eigenvalue weighted by atomic mass is 9.59. The first-order valence-corrected chi connectivity index (χ1v) is 22.4. The molecule has 0 spiro atoms. The van der Waals surface area contributed by atoms with Crippen LogP contribution < -0.4 is 27.3 Å². The van der Waals surface area contributed by atoms with Crippen LogP contribution >= 0.6 is 0 Å². The molecule has 2 heterocycles. The topological polar surface area (TPSA) is 9.86 Å². The van der Waals surface area contributed by atoms with Crippen molar-refractivity contribution in [2.45, 2.75) is 131 Å². The number of hydrogen-bond acceptors (Lipinski definition) is 0. The lowest BCUT2D eigenvalue weighted by molar-refractivity contribution is 0.568. The van der Waals surface area contributed by atoms with Crippen molar-refractivity contribution < 1.29 is 0 Å². The van der Waals surface area contributed by atoms with Gasteiger partial charge in [0.2, 0.25) is 0 Å². The van der Waals surface area contributed by atoms with E-state index in [-0.39, 0.29) is 43.5 Å². The normalized spacial score (nSPS) is 13.3. The van der Waals surface area contributed by atoms with Crippen LogP contribution in [-0.2, 0) is 27.1 Å². The summed E-state index contributed by atoms with van der Waals surface area (Å²) < 4.78 is 4.93. The molecule has 0 aliphatic rings. The van der Waals surface area contributed by atoms with Crippen molar-refractivity contribution in [2.75, 3.05) is 0 Å². The Morgan fingerprint density at radius 2 is 0.794 bits per heavy atom. The molecule has 6 aromatic carbocycles. The Labute approximate surface area is 383 Å². The Balaban J connectivity index is 1.63. The van der Waals surface area contributed by atoms with Gasteiger partial charge in [-0.2, -0.15) is 0 Å². The summed E-state index contributed by atoms with van der Waals surface area (Å²) >= 11 is 0.